The number of aryl methyl sites for hydroxylation is 1. The van der Waals surface area contributed by atoms with Gasteiger partial charge in [0.25, 0.3) is 0 Å². The molecule has 1 aromatic carbocycles. The summed E-state index contributed by atoms with van der Waals surface area (Å²) in [6.45, 7) is 1.75. The zero-order chi connectivity index (χ0) is 11.5. The van der Waals surface area contributed by atoms with Crippen LogP contribution in [0.1, 0.15) is 17.4 Å². The lowest BCUT2D eigenvalue weighted by Gasteiger charge is -2.04. The second-order valence-corrected chi connectivity index (χ2v) is 3.53. The van der Waals surface area contributed by atoms with E-state index in [0.29, 0.717) is 23.3 Å². The molecule has 1 atom stereocenters. The summed E-state index contributed by atoms with van der Waals surface area (Å²) < 4.78 is 5.08. The highest BCUT2D eigenvalue weighted by Crippen LogP contribution is 2.28. The number of aromatic nitrogens is 1. The van der Waals surface area contributed by atoms with Crippen molar-refractivity contribution in [3.63, 3.8) is 0 Å². The van der Waals surface area contributed by atoms with Crippen molar-refractivity contribution in [1.29, 1.82) is 0 Å². The van der Waals surface area contributed by atoms with E-state index in [2.05, 4.69) is 5.16 Å². The van der Waals surface area contributed by atoms with Gasteiger partial charge in [-0.15, -0.1) is 0 Å². The molecule has 0 aliphatic carbocycles. The van der Waals surface area contributed by atoms with Gasteiger partial charge in [-0.3, -0.25) is 0 Å². The maximum atomic E-state index is 10.7. The van der Waals surface area contributed by atoms with Crippen molar-refractivity contribution in [3.8, 4) is 11.3 Å². The molecule has 2 rings (SSSR count). The van der Waals surface area contributed by atoms with Crippen LogP contribution in [0.3, 0.4) is 0 Å². The number of carbonyl (C=O) groups excluding carboxylic acids is 1. The molecule has 4 nitrogen and oxygen atoms in total. The van der Waals surface area contributed by atoms with Crippen LogP contribution in [0.2, 0.25) is 0 Å². The topological polar surface area (TPSA) is 69.1 Å². The fraction of sp³-hybridized carbons (Fsp3) is 0.167. The van der Waals surface area contributed by atoms with E-state index in [9.17, 15) is 4.79 Å². The van der Waals surface area contributed by atoms with Gasteiger partial charge in [0.15, 0.2) is 0 Å². The van der Waals surface area contributed by atoms with E-state index in [1.807, 2.05) is 30.3 Å². The molecular weight excluding hydrogens is 204 g/mol. The lowest BCUT2D eigenvalue weighted by Crippen LogP contribution is -2.12. The summed E-state index contributed by atoms with van der Waals surface area (Å²) in [4.78, 5) is 10.7. The number of nitrogens with zero attached hydrogens (tertiary/aromatic N) is 1. The first-order valence-corrected chi connectivity index (χ1v) is 4.96. The second kappa shape index (κ2) is 4.28. The third-order valence-corrected chi connectivity index (χ3v) is 2.44. The zero-order valence-corrected chi connectivity index (χ0v) is 8.88. The van der Waals surface area contributed by atoms with Crippen LogP contribution in [-0.2, 0) is 4.79 Å². The van der Waals surface area contributed by atoms with E-state index in [1.165, 1.54) is 0 Å². The Kier molecular flexibility index (Phi) is 2.83. The molecule has 0 fully saturated rings. The van der Waals surface area contributed by atoms with Crippen molar-refractivity contribution in [1.82, 2.24) is 5.16 Å². The van der Waals surface area contributed by atoms with Crippen molar-refractivity contribution in [2.45, 2.75) is 13.0 Å². The van der Waals surface area contributed by atoms with Gasteiger partial charge in [0.1, 0.15) is 17.7 Å². The van der Waals surface area contributed by atoms with Gasteiger partial charge in [0, 0.05) is 11.1 Å². The van der Waals surface area contributed by atoms with Gasteiger partial charge < -0.3 is 15.1 Å². The minimum absolute atomic E-state index is 0.582. The van der Waals surface area contributed by atoms with Crippen LogP contribution in [-0.4, -0.2) is 11.4 Å². The van der Waals surface area contributed by atoms with Crippen LogP contribution in [0.15, 0.2) is 34.9 Å². The van der Waals surface area contributed by atoms with Crippen LogP contribution in [0.4, 0.5) is 0 Å². The van der Waals surface area contributed by atoms with Gasteiger partial charge in [-0.1, -0.05) is 35.5 Å². The van der Waals surface area contributed by atoms with E-state index in [4.69, 9.17) is 10.3 Å². The molecule has 0 radical (unpaired) electrons. The minimum atomic E-state index is -0.693. The Bertz CT molecular complexity index is 491. The molecule has 0 aliphatic heterocycles. The standard InChI is InChI=1S/C12H12N2O2/c1-8-11(10(13)7-15)12(14-16-8)9-5-3-2-4-6-9/h2-7,10H,13H2,1H3. The van der Waals surface area contributed by atoms with Crippen molar-refractivity contribution >= 4 is 6.29 Å². The average Bonchev–Trinajstić information content (AvgIpc) is 2.71. The molecular formula is C12H12N2O2. The van der Waals surface area contributed by atoms with Crippen molar-refractivity contribution < 1.29 is 9.32 Å². The Morgan fingerprint density at radius 3 is 2.69 bits per heavy atom. The molecule has 1 aromatic heterocycles. The molecule has 0 bridgehead atoms. The monoisotopic (exact) mass is 216 g/mol. The first kappa shape index (κ1) is 10.6. The van der Waals surface area contributed by atoms with Gasteiger partial charge >= 0.3 is 0 Å². The van der Waals surface area contributed by atoms with E-state index >= 15 is 0 Å². The van der Waals surface area contributed by atoms with Crippen molar-refractivity contribution in [3.05, 3.63) is 41.7 Å². The Morgan fingerprint density at radius 2 is 2.06 bits per heavy atom. The Labute approximate surface area is 93.1 Å². The van der Waals surface area contributed by atoms with Gasteiger partial charge in [-0.2, -0.15) is 0 Å². The predicted octanol–water partition coefficient (Wildman–Crippen LogP) is 1.85. The predicted molar refractivity (Wildman–Crippen MR) is 59.7 cm³/mol. The van der Waals surface area contributed by atoms with E-state index < -0.39 is 6.04 Å². The number of hydrogen-bond donors (Lipinski definition) is 1. The fourth-order valence-electron chi connectivity index (χ4n) is 1.64. The number of benzene rings is 1. The van der Waals surface area contributed by atoms with E-state index in [-0.39, 0.29) is 0 Å². The molecule has 4 heteroatoms. The van der Waals surface area contributed by atoms with Crippen molar-refractivity contribution in [2.75, 3.05) is 0 Å². The molecule has 0 aliphatic rings. The summed E-state index contributed by atoms with van der Waals surface area (Å²) in [5.41, 5.74) is 7.90. The third kappa shape index (κ3) is 1.75. The smallest absolute Gasteiger partial charge is 0.141 e. The molecule has 1 heterocycles. The van der Waals surface area contributed by atoms with Gasteiger partial charge in [-0.25, -0.2) is 0 Å². The summed E-state index contributed by atoms with van der Waals surface area (Å²) in [5, 5.41) is 3.94. The molecule has 2 aromatic rings. The lowest BCUT2D eigenvalue weighted by molar-refractivity contribution is -0.109. The summed E-state index contributed by atoms with van der Waals surface area (Å²) >= 11 is 0. The van der Waals surface area contributed by atoms with Crippen LogP contribution in [0, 0.1) is 6.92 Å². The molecule has 82 valence electrons. The maximum Gasteiger partial charge on any atom is 0.141 e. The number of carbonyl (C=O) groups is 1. The minimum Gasteiger partial charge on any atom is -0.361 e. The third-order valence-electron chi connectivity index (χ3n) is 2.44. The molecule has 2 N–H and O–H groups in total. The SMILES string of the molecule is Cc1onc(-c2ccccc2)c1C(N)C=O. The normalized spacial score (nSPS) is 12.4. The Hall–Kier alpha value is -1.94. The first-order chi connectivity index (χ1) is 7.74. The largest absolute Gasteiger partial charge is 0.361 e. The van der Waals surface area contributed by atoms with Crippen LogP contribution in [0.5, 0.6) is 0 Å². The second-order valence-electron chi connectivity index (χ2n) is 3.53. The summed E-state index contributed by atoms with van der Waals surface area (Å²) in [7, 11) is 0. The molecule has 1 unspecified atom stereocenters. The van der Waals surface area contributed by atoms with Crippen molar-refractivity contribution in [2.24, 2.45) is 5.73 Å². The molecule has 0 saturated heterocycles. The molecule has 0 spiro atoms. The van der Waals surface area contributed by atoms with Gasteiger partial charge in [-0.05, 0) is 6.92 Å². The average molecular weight is 216 g/mol. The van der Waals surface area contributed by atoms with Crippen LogP contribution in [0.25, 0.3) is 11.3 Å². The number of nitrogens with two attached hydrogens (primary N) is 1. The molecule has 0 saturated carbocycles. The summed E-state index contributed by atoms with van der Waals surface area (Å²) in [6.07, 6.45) is 0.686. The highest BCUT2D eigenvalue weighted by Gasteiger charge is 2.19. The summed E-state index contributed by atoms with van der Waals surface area (Å²) in [6, 6.07) is 8.82. The molecule has 16 heavy (non-hydrogen) atoms. The van der Waals surface area contributed by atoms with Crippen LogP contribution >= 0.6 is 0 Å². The number of hydrogen-bond acceptors (Lipinski definition) is 4. The van der Waals surface area contributed by atoms with Gasteiger partial charge in [0.2, 0.25) is 0 Å². The van der Waals surface area contributed by atoms with Crippen LogP contribution < -0.4 is 5.73 Å². The number of aldehydes is 1. The van der Waals surface area contributed by atoms with E-state index in [0.717, 1.165) is 5.56 Å². The molecule has 0 amide bonds. The Balaban J connectivity index is 2.54. The fourth-order valence-corrected chi connectivity index (χ4v) is 1.64. The quantitative estimate of drug-likeness (QED) is 0.795. The highest BCUT2D eigenvalue weighted by atomic mass is 16.5. The maximum absolute atomic E-state index is 10.7. The Morgan fingerprint density at radius 1 is 1.38 bits per heavy atom. The zero-order valence-electron chi connectivity index (χ0n) is 8.88. The van der Waals surface area contributed by atoms with E-state index in [1.54, 1.807) is 6.92 Å². The van der Waals surface area contributed by atoms with Gasteiger partial charge in [0.05, 0.1) is 6.04 Å². The lowest BCUT2D eigenvalue weighted by atomic mass is 10.0. The first-order valence-electron chi connectivity index (χ1n) is 4.96. The number of rotatable bonds is 3. The highest BCUT2D eigenvalue weighted by molar-refractivity contribution is 5.71. The summed E-state index contributed by atoms with van der Waals surface area (Å²) in [5.74, 6) is 0.582.